The molecule has 0 radical (unpaired) electrons. The molecular formula is C12H15NO3S. The van der Waals surface area contributed by atoms with Crippen molar-refractivity contribution in [2.75, 3.05) is 0 Å². The molecule has 5 heteroatoms. The summed E-state index contributed by atoms with van der Waals surface area (Å²) in [5.74, 6) is -1.20. The van der Waals surface area contributed by atoms with Crippen LogP contribution in [0, 0.1) is 6.92 Å². The Morgan fingerprint density at radius 1 is 1.41 bits per heavy atom. The maximum absolute atomic E-state index is 12.0. The van der Waals surface area contributed by atoms with E-state index in [9.17, 15) is 14.7 Å². The Morgan fingerprint density at radius 3 is 2.53 bits per heavy atom. The molecule has 1 saturated carbocycles. The monoisotopic (exact) mass is 253 g/mol. The standard InChI is InChI=1S/C12H15NO3S/c1-8-6-9(7-17-8)10(14)13-12(11(15)16)4-2-3-5-12/h6-7H,2-5H2,1H3,(H,13,14)(H,15,16). The Balaban J connectivity index is 2.14. The number of rotatable bonds is 3. The second kappa shape index (κ2) is 4.49. The van der Waals surface area contributed by atoms with E-state index >= 15 is 0 Å². The number of amides is 1. The van der Waals surface area contributed by atoms with Gasteiger partial charge in [0.15, 0.2) is 0 Å². The first-order valence-corrected chi connectivity index (χ1v) is 6.52. The summed E-state index contributed by atoms with van der Waals surface area (Å²) >= 11 is 1.49. The molecule has 0 atom stereocenters. The third kappa shape index (κ3) is 2.34. The van der Waals surface area contributed by atoms with E-state index in [4.69, 9.17) is 0 Å². The third-order valence-electron chi connectivity index (χ3n) is 3.21. The van der Waals surface area contributed by atoms with Gasteiger partial charge in [0.05, 0.1) is 5.56 Å². The number of thiophene rings is 1. The maximum Gasteiger partial charge on any atom is 0.329 e. The van der Waals surface area contributed by atoms with Gasteiger partial charge in [-0.2, -0.15) is 0 Å². The molecule has 1 amide bonds. The van der Waals surface area contributed by atoms with Crippen LogP contribution in [0.15, 0.2) is 11.4 Å². The van der Waals surface area contributed by atoms with Crippen LogP contribution >= 0.6 is 11.3 Å². The normalized spacial score (nSPS) is 17.9. The van der Waals surface area contributed by atoms with Crippen molar-refractivity contribution in [3.05, 3.63) is 21.9 Å². The van der Waals surface area contributed by atoms with Gasteiger partial charge in [-0.3, -0.25) is 4.79 Å². The first-order valence-electron chi connectivity index (χ1n) is 5.64. The van der Waals surface area contributed by atoms with Crippen LogP contribution in [0.25, 0.3) is 0 Å². The fourth-order valence-electron chi connectivity index (χ4n) is 2.22. The summed E-state index contributed by atoms with van der Waals surface area (Å²) in [6, 6.07) is 1.78. The average molecular weight is 253 g/mol. The Bertz CT molecular complexity index is 446. The predicted molar refractivity (Wildman–Crippen MR) is 65.4 cm³/mol. The highest BCUT2D eigenvalue weighted by Crippen LogP contribution is 2.30. The van der Waals surface area contributed by atoms with Gasteiger partial charge in [-0.05, 0) is 25.8 Å². The number of hydrogen-bond acceptors (Lipinski definition) is 3. The summed E-state index contributed by atoms with van der Waals surface area (Å²) in [5.41, 5.74) is -0.493. The molecule has 1 aliphatic rings. The fourth-order valence-corrected chi connectivity index (χ4v) is 2.91. The SMILES string of the molecule is Cc1cc(C(=O)NC2(C(=O)O)CCCC2)cs1. The average Bonchev–Trinajstić information content (AvgIpc) is 2.87. The zero-order valence-corrected chi connectivity index (χ0v) is 10.5. The Hall–Kier alpha value is -1.36. The summed E-state index contributed by atoms with van der Waals surface area (Å²) in [6.07, 6.45) is 2.76. The summed E-state index contributed by atoms with van der Waals surface area (Å²) in [6.45, 7) is 1.92. The van der Waals surface area contributed by atoms with Crippen LogP contribution < -0.4 is 5.32 Å². The minimum atomic E-state index is -1.05. The molecule has 0 saturated heterocycles. The molecule has 0 aliphatic heterocycles. The number of carboxylic acid groups (broad SMARTS) is 1. The van der Waals surface area contributed by atoms with Crippen molar-refractivity contribution in [3.63, 3.8) is 0 Å². The molecule has 2 N–H and O–H groups in total. The lowest BCUT2D eigenvalue weighted by molar-refractivity contribution is -0.144. The molecule has 92 valence electrons. The molecule has 0 bridgehead atoms. The molecule has 0 aromatic carbocycles. The molecule has 4 nitrogen and oxygen atoms in total. The van der Waals surface area contributed by atoms with Gasteiger partial charge < -0.3 is 10.4 Å². The molecular weight excluding hydrogens is 238 g/mol. The highest BCUT2D eigenvalue weighted by molar-refractivity contribution is 7.10. The molecule has 17 heavy (non-hydrogen) atoms. The van der Waals surface area contributed by atoms with E-state index in [2.05, 4.69) is 5.32 Å². The second-order valence-corrected chi connectivity index (χ2v) is 5.61. The van der Waals surface area contributed by atoms with Crippen molar-refractivity contribution < 1.29 is 14.7 Å². The Morgan fingerprint density at radius 2 is 2.06 bits per heavy atom. The van der Waals surface area contributed by atoms with Gasteiger partial charge in [0.1, 0.15) is 5.54 Å². The van der Waals surface area contributed by atoms with Gasteiger partial charge in [-0.1, -0.05) is 12.8 Å². The third-order valence-corrected chi connectivity index (χ3v) is 4.07. The molecule has 1 aromatic heterocycles. The number of aryl methyl sites for hydroxylation is 1. The molecule has 2 rings (SSSR count). The number of hydrogen-bond donors (Lipinski definition) is 2. The smallest absolute Gasteiger partial charge is 0.329 e. The largest absolute Gasteiger partial charge is 0.480 e. The Labute approximate surface area is 104 Å². The number of carbonyl (C=O) groups excluding carboxylic acids is 1. The second-order valence-electron chi connectivity index (χ2n) is 4.49. The zero-order valence-electron chi connectivity index (χ0n) is 9.66. The van der Waals surface area contributed by atoms with Crippen LogP contribution in [-0.4, -0.2) is 22.5 Å². The highest BCUT2D eigenvalue weighted by Gasteiger charge is 2.42. The van der Waals surface area contributed by atoms with Gasteiger partial charge in [0, 0.05) is 10.3 Å². The molecule has 1 fully saturated rings. The van der Waals surface area contributed by atoms with E-state index in [0.717, 1.165) is 17.7 Å². The number of carboxylic acids is 1. The van der Waals surface area contributed by atoms with Gasteiger partial charge in [-0.25, -0.2) is 4.79 Å². The van der Waals surface area contributed by atoms with Gasteiger partial charge in [0.25, 0.3) is 5.91 Å². The van der Waals surface area contributed by atoms with E-state index in [1.54, 1.807) is 11.4 Å². The maximum atomic E-state index is 12.0. The van der Waals surface area contributed by atoms with E-state index in [1.807, 2.05) is 6.92 Å². The lowest BCUT2D eigenvalue weighted by Gasteiger charge is -2.25. The first kappa shape index (κ1) is 12.1. The van der Waals surface area contributed by atoms with Gasteiger partial charge in [-0.15, -0.1) is 11.3 Å². The van der Waals surface area contributed by atoms with Crippen LogP contribution in [0.4, 0.5) is 0 Å². The van der Waals surface area contributed by atoms with E-state index in [-0.39, 0.29) is 5.91 Å². The van der Waals surface area contributed by atoms with Crippen LogP contribution in [0.5, 0.6) is 0 Å². The van der Waals surface area contributed by atoms with E-state index < -0.39 is 11.5 Å². The van der Waals surface area contributed by atoms with Crippen molar-refractivity contribution in [3.8, 4) is 0 Å². The summed E-state index contributed by atoms with van der Waals surface area (Å²) in [7, 11) is 0. The fraction of sp³-hybridized carbons (Fsp3) is 0.500. The highest BCUT2D eigenvalue weighted by atomic mass is 32.1. The summed E-state index contributed by atoms with van der Waals surface area (Å²) in [4.78, 5) is 24.3. The zero-order chi connectivity index (χ0) is 12.5. The van der Waals surface area contributed by atoms with Crippen molar-refractivity contribution in [1.29, 1.82) is 0 Å². The topological polar surface area (TPSA) is 66.4 Å². The van der Waals surface area contributed by atoms with E-state index in [1.165, 1.54) is 11.3 Å². The van der Waals surface area contributed by atoms with E-state index in [0.29, 0.717) is 18.4 Å². The number of carbonyl (C=O) groups is 2. The minimum absolute atomic E-state index is 0.279. The lowest BCUT2D eigenvalue weighted by atomic mass is 9.97. The number of aliphatic carboxylic acids is 1. The minimum Gasteiger partial charge on any atom is -0.480 e. The molecule has 0 spiro atoms. The van der Waals surface area contributed by atoms with Crippen LogP contribution in [-0.2, 0) is 4.79 Å². The van der Waals surface area contributed by atoms with Gasteiger partial charge >= 0.3 is 5.97 Å². The first-order chi connectivity index (χ1) is 8.03. The predicted octanol–water partition coefficient (Wildman–Crippen LogP) is 2.18. The van der Waals surface area contributed by atoms with Crippen molar-refractivity contribution >= 4 is 23.2 Å². The van der Waals surface area contributed by atoms with Gasteiger partial charge in [0.2, 0.25) is 0 Å². The van der Waals surface area contributed by atoms with Crippen LogP contribution in [0.1, 0.15) is 40.9 Å². The van der Waals surface area contributed by atoms with Crippen molar-refractivity contribution in [2.45, 2.75) is 38.1 Å². The van der Waals surface area contributed by atoms with Crippen LogP contribution in [0.3, 0.4) is 0 Å². The Kier molecular flexibility index (Phi) is 3.19. The molecule has 1 heterocycles. The molecule has 1 aliphatic carbocycles. The molecule has 0 unspecified atom stereocenters. The molecule has 1 aromatic rings. The lowest BCUT2D eigenvalue weighted by Crippen LogP contribution is -2.52. The summed E-state index contributed by atoms with van der Waals surface area (Å²) in [5, 5.41) is 13.7. The number of nitrogens with one attached hydrogen (secondary N) is 1. The summed E-state index contributed by atoms with van der Waals surface area (Å²) < 4.78 is 0. The quantitative estimate of drug-likeness (QED) is 0.867. The van der Waals surface area contributed by atoms with Crippen molar-refractivity contribution in [1.82, 2.24) is 5.32 Å². The van der Waals surface area contributed by atoms with Crippen molar-refractivity contribution in [2.24, 2.45) is 0 Å². The van der Waals surface area contributed by atoms with Crippen LogP contribution in [0.2, 0.25) is 0 Å².